The van der Waals surface area contributed by atoms with Crippen molar-refractivity contribution in [3.63, 3.8) is 0 Å². The van der Waals surface area contributed by atoms with Gasteiger partial charge in [-0.3, -0.25) is 0 Å². The minimum Gasteiger partial charge on any atom is -0.396 e. The van der Waals surface area contributed by atoms with Gasteiger partial charge >= 0.3 is 0 Å². The molecule has 0 amide bonds. The van der Waals surface area contributed by atoms with Crippen LogP contribution >= 0.6 is 70.6 Å². The van der Waals surface area contributed by atoms with Gasteiger partial charge in [-0.05, 0) is 13.8 Å². The van der Waals surface area contributed by atoms with Crippen LogP contribution < -0.4 is 0 Å². The van der Waals surface area contributed by atoms with E-state index in [1.165, 1.54) is 26.8 Å². The lowest BCUT2D eigenvalue weighted by Gasteiger charge is -2.03. The first kappa shape index (κ1) is 17.6. The van der Waals surface area contributed by atoms with E-state index in [1.54, 1.807) is 23.5 Å². The SMILES string of the molecule is CC1=C(SCCO)S/C(=C2\SC(C)=C(SCCO)S2)S1. The molecule has 0 fully saturated rings. The van der Waals surface area contributed by atoms with E-state index in [2.05, 4.69) is 13.8 Å². The van der Waals surface area contributed by atoms with Crippen LogP contribution in [0.5, 0.6) is 0 Å². The minimum atomic E-state index is 0.227. The Morgan fingerprint density at radius 1 is 0.750 bits per heavy atom. The summed E-state index contributed by atoms with van der Waals surface area (Å²) in [5.74, 6) is 1.52. The minimum absolute atomic E-state index is 0.227. The molecule has 2 nitrogen and oxygen atoms in total. The van der Waals surface area contributed by atoms with Gasteiger partial charge in [-0.15, -0.1) is 23.5 Å². The van der Waals surface area contributed by atoms with Crippen molar-refractivity contribution in [1.29, 1.82) is 0 Å². The molecular formula is C12H16O2S6. The van der Waals surface area contributed by atoms with Crippen LogP contribution in [-0.4, -0.2) is 34.9 Å². The van der Waals surface area contributed by atoms with E-state index < -0.39 is 0 Å². The predicted octanol–water partition coefficient (Wildman–Crippen LogP) is 4.90. The molecule has 112 valence electrons. The number of rotatable bonds is 6. The van der Waals surface area contributed by atoms with E-state index in [0.29, 0.717) is 0 Å². The van der Waals surface area contributed by atoms with Crippen molar-refractivity contribution >= 4 is 70.6 Å². The topological polar surface area (TPSA) is 40.5 Å². The van der Waals surface area contributed by atoms with E-state index in [1.807, 2.05) is 47.0 Å². The quantitative estimate of drug-likeness (QED) is 0.670. The van der Waals surface area contributed by atoms with Gasteiger partial charge in [0.2, 0.25) is 0 Å². The summed E-state index contributed by atoms with van der Waals surface area (Å²) in [5.41, 5.74) is 0. The largest absolute Gasteiger partial charge is 0.396 e. The van der Waals surface area contributed by atoms with Crippen molar-refractivity contribution in [2.24, 2.45) is 0 Å². The van der Waals surface area contributed by atoms with Crippen molar-refractivity contribution in [1.82, 2.24) is 0 Å². The molecule has 0 aromatic rings. The monoisotopic (exact) mass is 384 g/mol. The first-order valence-electron chi connectivity index (χ1n) is 6.00. The Morgan fingerprint density at radius 2 is 1.15 bits per heavy atom. The highest BCUT2D eigenvalue weighted by molar-refractivity contribution is 8.40. The Balaban J connectivity index is 1.97. The van der Waals surface area contributed by atoms with Crippen LogP contribution in [0.15, 0.2) is 26.8 Å². The lowest BCUT2D eigenvalue weighted by atomic mass is 10.7. The number of aliphatic hydroxyl groups excluding tert-OH is 2. The number of allylic oxidation sites excluding steroid dienone is 2. The van der Waals surface area contributed by atoms with Crippen LogP contribution in [0.25, 0.3) is 0 Å². The van der Waals surface area contributed by atoms with Crippen molar-refractivity contribution in [3.8, 4) is 0 Å². The van der Waals surface area contributed by atoms with E-state index in [4.69, 9.17) is 10.2 Å². The Labute approximate surface area is 145 Å². The van der Waals surface area contributed by atoms with Gasteiger partial charge in [0.25, 0.3) is 0 Å². The number of aliphatic hydroxyl groups is 2. The van der Waals surface area contributed by atoms with Crippen LogP contribution in [0.3, 0.4) is 0 Å². The summed E-state index contributed by atoms with van der Waals surface area (Å²) in [4.78, 5) is 2.68. The molecule has 20 heavy (non-hydrogen) atoms. The Morgan fingerprint density at radius 3 is 1.50 bits per heavy atom. The summed E-state index contributed by atoms with van der Waals surface area (Å²) < 4.78 is 5.36. The highest BCUT2D eigenvalue weighted by Gasteiger charge is 2.27. The zero-order valence-electron chi connectivity index (χ0n) is 11.2. The number of hydrogen-bond donors (Lipinski definition) is 2. The van der Waals surface area contributed by atoms with Crippen molar-refractivity contribution in [2.45, 2.75) is 13.8 Å². The first-order valence-corrected chi connectivity index (χ1v) is 11.2. The lowest BCUT2D eigenvalue weighted by Crippen LogP contribution is -1.84. The zero-order chi connectivity index (χ0) is 14.5. The maximum atomic E-state index is 8.93. The number of thioether (sulfide) groups is 6. The lowest BCUT2D eigenvalue weighted by molar-refractivity contribution is 0.322. The van der Waals surface area contributed by atoms with Crippen LogP contribution in [0.1, 0.15) is 13.8 Å². The second-order valence-corrected chi connectivity index (χ2v) is 11.5. The van der Waals surface area contributed by atoms with Gasteiger partial charge in [0, 0.05) is 21.3 Å². The molecule has 2 rings (SSSR count). The summed E-state index contributed by atoms with van der Waals surface area (Å²) in [6, 6.07) is 0. The van der Waals surface area contributed by atoms with Gasteiger partial charge in [0.1, 0.15) is 0 Å². The third-order valence-electron chi connectivity index (χ3n) is 2.25. The fourth-order valence-corrected chi connectivity index (χ4v) is 9.54. The molecule has 0 atom stereocenters. The Kier molecular flexibility index (Phi) is 7.71. The molecule has 8 heteroatoms. The van der Waals surface area contributed by atoms with Crippen molar-refractivity contribution in [2.75, 3.05) is 24.7 Å². The second-order valence-electron chi connectivity index (χ2n) is 3.81. The van der Waals surface area contributed by atoms with E-state index in [-0.39, 0.29) is 13.2 Å². The molecule has 0 bridgehead atoms. The molecule has 2 heterocycles. The van der Waals surface area contributed by atoms with Gasteiger partial charge in [-0.25, -0.2) is 0 Å². The van der Waals surface area contributed by atoms with Crippen LogP contribution in [0.4, 0.5) is 0 Å². The third-order valence-corrected chi connectivity index (χ3v) is 11.0. The molecule has 0 saturated heterocycles. The molecule has 0 aromatic heterocycles. The van der Waals surface area contributed by atoms with Gasteiger partial charge in [-0.1, -0.05) is 47.0 Å². The molecule has 0 unspecified atom stereocenters. The maximum Gasteiger partial charge on any atom is 0.0708 e. The molecule has 2 N–H and O–H groups in total. The zero-order valence-corrected chi connectivity index (χ0v) is 16.1. The van der Waals surface area contributed by atoms with Gasteiger partial charge in [0.15, 0.2) is 0 Å². The maximum absolute atomic E-state index is 8.93. The highest BCUT2D eigenvalue weighted by atomic mass is 32.2. The summed E-state index contributed by atoms with van der Waals surface area (Å²) in [5, 5.41) is 17.9. The van der Waals surface area contributed by atoms with E-state index in [0.717, 1.165) is 11.5 Å². The fourth-order valence-electron chi connectivity index (χ4n) is 1.42. The Bertz CT molecular complexity index is 427. The van der Waals surface area contributed by atoms with Crippen molar-refractivity contribution in [3.05, 3.63) is 26.8 Å². The molecule has 0 spiro atoms. The highest BCUT2D eigenvalue weighted by Crippen LogP contribution is 2.62. The van der Waals surface area contributed by atoms with Gasteiger partial charge < -0.3 is 10.2 Å². The van der Waals surface area contributed by atoms with Crippen LogP contribution in [-0.2, 0) is 0 Å². The number of hydrogen-bond acceptors (Lipinski definition) is 8. The van der Waals surface area contributed by atoms with E-state index in [9.17, 15) is 0 Å². The molecule has 0 aromatic carbocycles. The first-order chi connectivity index (χ1) is 9.65. The summed E-state index contributed by atoms with van der Waals surface area (Å²) in [6.45, 7) is 4.75. The van der Waals surface area contributed by atoms with Crippen molar-refractivity contribution < 1.29 is 10.2 Å². The molecule has 2 aliphatic heterocycles. The second kappa shape index (κ2) is 8.76. The van der Waals surface area contributed by atoms with E-state index >= 15 is 0 Å². The summed E-state index contributed by atoms with van der Waals surface area (Å²) in [6.07, 6.45) is 0. The molecule has 0 radical (unpaired) electrons. The van der Waals surface area contributed by atoms with Crippen LogP contribution in [0, 0.1) is 0 Å². The van der Waals surface area contributed by atoms with Gasteiger partial charge in [-0.2, -0.15) is 0 Å². The predicted molar refractivity (Wildman–Crippen MR) is 102 cm³/mol. The smallest absolute Gasteiger partial charge is 0.0708 e. The average Bonchev–Trinajstić information content (AvgIpc) is 2.98. The standard InChI is InChI=1S/C12H16O2S6/c1-7-9(15-5-3-13)19-11(17-7)12-18-8(2)10(20-12)16-6-4-14/h13-14H,3-6H2,1-2H3/b12-11+. The summed E-state index contributed by atoms with van der Waals surface area (Å²) >= 11 is 10.8. The fraction of sp³-hybridized carbons (Fsp3) is 0.500. The Hall–Kier alpha value is 1.24. The normalized spacial score (nSPS) is 23.4. The van der Waals surface area contributed by atoms with Crippen LogP contribution in [0.2, 0.25) is 0 Å². The third kappa shape index (κ3) is 4.62. The molecule has 0 aliphatic carbocycles. The van der Waals surface area contributed by atoms with Gasteiger partial charge in [0.05, 0.1) is 30.2 Å². The molecule has 2 aliphatic rings. The molecule has 0 saturated carbocycles. The average molecular weight is 385 g/mol. The summed E-state index contributed by atoms with van der Waals surface area (Å²) in [7, 11) is 0. The molecular weight excluding hydrogens is 369 g/mol.